The summed E-state index contributed by atoms with van der Waals surface area (Å²) in [5.41, 5.74) is 2.83. The van der Waals surface area contributed by atoms with Crippen molar-refractivity contribution in [2.75, 3.05) is 6.54 Å². The van der Waals surface area contributed by atoms with Gasteiger partial charge in [-0.25, -0.2) is 0 Å². The van der Waals surface area contributed by atoms with Gasteiger partial charge >= 0.3 is 0 Å². The Bertz CT molecular complexity index is 471. The van der Waals surface area contributed by atoms with E-state index in [0.717, 1.165) is 12.8 Å². The number of nitrogens with one attached hydrogen (secondary N) is 1. The van der Waals surface area contributed by atoms with E-state index in [2.05, 4.69) is 29.6 Å². The zero-order valence-corrected chi connectivity index (χ0v) is 11.3. The summed E-state index contributed by atoms with van der Waals surface area (Å²) in [5, 5.41) is 2.96. The summed E-state index contributed by atoms with van der Waals surface area (Å²) in [6.07, 6.45) is 2.27. The molecule has 18 heavy (non-hydrogen) atoms. The fraction of sp³-hybridized carbons (Fsp3) is 0.533. The van der Waals surface area contributed by atoms with Gasteiger partial charge in [0.2, 0.25) is 5.91 Å². The number of carbonyl (C=O) groups is 1. The van der Waals surface area contributed by atoms with Gasteiger partial charge in [0.15, 0.2) is 0 Å². The quantitative estimate of drug-likeness (QED) is 0.835. The smallest absolute Gasteiger partial charge is 0.224 e. The normalized spacial score (nSPS) is 30.0. The van der Waals surface area contributed by atoms with Crippen molar-refractivity contribution in [2.24, 2.45) is 11.8 Å². The Kier molecular flexibility index (Phi) is 3.06. The molecule has 2 nitrogen and oxygen atoms in total. The second kappa shape index (κ2) is 4.58. The zero-order chi connectivity index (χ0) is 12.7. The van der Waals surface area contributed by atoms with Crippen molar-refractivity contribution in [3.8, 4) is 0 Å². The van der Waals surface area contributed by atoms with Gasteiger partial charge in [0, 0.05) is 17.8 Å². The van der Waals surface area contributed by atoms with E-state index in [9.17, 15) is 4.79 Å². The van der Waals surface area contributed by atoms with E-state index in [1.165, 1.54) is 11.1 Å². The van der Waals surface area contributed by atoms with Gasteiger partial charge in [-0.1, -0.05) is 24.3 Å². The Hall–Kier alpha value is -1.02. The van der Waals surface area contributed by atoms with Crippen LogP contribution in [-0.4, -0.2) is 17.8 Å². The summed E-state index contributed by atoms with van der Waals surface area (Å²) >= 11 is 5.87. The largest absolute Gasteiger partial charge is 0.354 e. The highest BCUT2D eigenvalue weighted by Crippen LogP contribution is 2.59. The van der Waals surface area contributed by atoms with Crippen LogP contribution in [0, 0.1) is 11.8 Å². The van der Waals surface area contributed by atoms with Crippen LogP contribution in [-0.2, 0) is 11.2 Å². The van der Waals surface area contributed by atoms with E-state index in [1.54, 1.807) is 0 Å². The van der Waals surface area contributed by atoms with Gasteiger partial charge in [0.25, 0.3) is 0 Å². The number of hydrogen-bond donors (Lipinski definition) is 1. The Balaban J connectivity index is 1.71. The second-order valence-corrected chi connectivity index (χ2v) is 6.22. The SMILES string of the molecule is CC(Cl)CNC(=O)C1C2CCc3ccccc3C21. The van der Waals surface area contributed by atoms with Crippen molar-refractivity contribution in [1.29, 1.82) is 0 Å². The predicted octanol–water partition coefficient (Wildman–Crippen LogP) is 2.71. The highest BCUT2D eigenvalue weighted by atomic mass is 35.5. The number of carbonyl (C=O) groups excluding carboxylic acids is 1. The second-order valence-electron chi connectivity index (χ2n) is 5.48. The summed E-state index contributed by atoms with van der Waals surface area (Å²) < 4.78 is 0. The number of alkyl halides is 1. The summed E-state index contributed by atoms with van der Waals surface area (Å²) in [4.78, 5) is 12.1. The number of rotatable bonds is 3. The van der Waals surface area contributed by atoms with Crippen LogP contribution in [0.25, 0.3) is 0 Å². The fourth-order valence-electron chi connectivity index (χ4n) is 3.28. The van der Waals surface area contributed by atoms with Gasteiger partial charge < -0.3 is 5.32 Å². The maximum atomic E-state index is 12.1. The highest BCUT2D eigenvalue weighted by Gasteiger charge is 2.56. The molecular weight excluding hydrogens is 246 g/mol. The number of benzene rings is 1. The Labute approximate surface area is 113 Å². The van der Waals surface area contributed by atoms with E-state index in [-0.39, 0.29) is 17.2 Å². The van der Waals surface area contributed by atoms with E-state index >= 15 is 0 Å². The Morgan fingerprint density at radius 2 is 2.28 bits per heavy atom. The molecule has 2 aliphatic carbocycles. The molecule has 1 fully saturated rings. The van der Waals surface area contributed by atoms with Crippen LogP contribution in [0.2, 0.25) is 0 Å². The van der Waals surface area contributed by atoms with Crippen LogP contribution in [0.15, 0.2) is 24.3 Å². The molecule has 0 saturated heterocycles. The summed E-state index contributed by atoms with van der Waals surface area (Å²) in [7, 11) is 0. The van der Waals surface area contributed by atoms with Crippen molar-refractivity contribution < 1.29 is 4.79 Å². The lowest BCUT2D eigenvalue weighted by Gasteiger charge is -2.13. The lowest BCUT2D eigenvalue weighted by atomic mass is 9.92. The van der Waals surface area contributed by atoms with Gasteiger partial charge in [0.05, 0.1) is 0 Å². The molecule has 1 saturated carbocycles. The van der Waals surface area contributed by atoms with Gasteiger partial charge in [-0.05, 0) is 42.7 Å². The van der Waals surface area contributed by atoms with Crippen molar-refractivity contribution in [2.45, 2.75) is 31.1 Å². The maximum absolute atomic E-state index is 12.1. The molecule has 0 heterocycles. The molecule has 3 heteroatoms. The standard InChI is InChI=1S/C15H18ClNO/c1-9(16)8-17-15(18)14-12-7-6-10-4-2-3-5-11(10)13(12)14/h2-5,9,12-14H,6-8H2,1H3,(H,17,18). The van der Waals surface area contributed by atoms with E-state index < -0.39 is 0 Å². The molecule has 0 bridgehead atoms. The molecule has 1 aromatic carbocycles. The van der Waals surface area contributed by atoms with Gasteiger partial charge in [-0.15, -0.1) is 11.6 Å². The zero-order valence-electron chi connectivity index (χ0n) is 10.5. The molecule has 4 atom stereocenters. The topological polar surface area (TPSA) is 29.1 Å². The summed E-state index contributed by atoms with van der Waals surface area (Å²) in [5.74, 6) is 1.39. The predicted molar refractivity (Wildman–Crippen MR) is 72.8 cm³/mol. The lowest BCUT2D eigenvalue weighted by molar-refractivity contribution is -0.122. The van der Waals surface area contributed by atoms with Crippen molar-refractivity contribution in [3.05, 3.63) is 35.4 Å². The first-order valence-electron chi connectivity index (χ1n) is 6.68. The summed E-state index contributed by atoms with van der Waals surface area (Å²) in [6, 6.07) is 8.55. The third-order valence-corrected chi connectivity index (χ3v) is 4.34. The first-order chi connectivity index (χ1) is 8.68. The van der Waals surface area contributed by atoms with Crippen molar-refractivity contribution in [1.82, 2.24) is 5.32 Å². The van der Waals surface area contributed by atoms with Crippen LogP contribution in [0.1, 0.15) is 30.4 Å². The van der Waals surface area contributed by atoms with Crippen LogP contribution in [0.5, 0.6) is 0 Å². The van der Waals surface area contributed by atoms with Gasteiger partial charge in [-0.3, -0.25) is 4.79 Å². The summed E-state index contributed by atoms with van der Waals surface area (Å²) in [6.45, 7) is 2.47. The van der Waals surface area contributed by atoms with Gasteiger partial charge in [0.1, 0.15) is 0 Å². The first-order valence-corrected chi connectivity index (χ1v) is 7.11. The molecule has 1 amide bonds. The molecule has 0 aromatic heterocycles. The molecule has 0 spiro atoms. The fourth-order valence-corrected chi connectivity index (χ4v) is 3.36. The first kappa shape index (κ1) is 12.0. The van der Waals surface area contributed by atoms with E-state index in [4.69, 9.17) is 11.6 Å². The average molecular weight is 264 g/mol. The van der Waals surface area contributed by atoms with Crippen molar-refractivity contribution in [3.63, 3.8) is 0 Å². The number of hydrogen-bond acceptors (Lipinski definition) is 1. The Morgan fingerprint density at radius 1 is 1.50 bits per heavy atom. The van der Waals surface area contributed by atoms with E-state index in [1.807, 2.05) is 6.92 Å². The van der Waals surface area contributed by atoms with Gasteiger partial charge in [-0.2, -0.15) is 0 Å². The minimum atomic E-state index is 0.00187. The molecule has 1 aromatic rings. The van der Waals surface area contributed by atoms with Crippen LogP contribution < -0.4 is 5.32 Å². The van der Waals surface area contributed by atoms with Crippen LogP contribution >= 0.6 is 11.6 Å². The third-order valence-electron chi connectivity index (χ3n) is 4.19. The maximum Gasteiger partial charge on any atom is 0.224 e. The molecule has 2 aliphatic rings. The number of amides is 1. The number of halogens is 1. The number of fused-ring (bicyclic) bond motifs is 3. The van der Waals surface area contributed by atoms with E-state index in [0.29, 0.717) is 18.4 Å². The molecular formula is C15H18ClNO. The highest BCUT2D eigenvalue weighted by molar-refractivity contribution is 6.20. The van der Waals surface area contributed by atoms with Crippen LogP contribution in [0.4, 0.5) is 0 Å². The third kappa shape index (κ3) is 2.03. The molecule has 0 aliphatic heterocycles. The molecule has 3 rings (SSSR count). The molecule has 1 N–H and O–H groups in total. The average Bonchev–Trinajstić information content (AvgIpc) is 3.10. The number of aryl methyl sites for hydroxylation is 1. The minimum absolute atomic E-state index is 0.00187. The molecule has 96 valence electrons. The lowest BCUT2D eigenvalue weighted by Crippen LogP contribution is -2.30. The Morgan fingerprint density at radius 3 is 3.06 bits per heavy atom. The minimum Gasteiger partial charge on any atom is -0.354 e. The van der Waals surface area contributed by atoms with Crippen molar-refractivity contribution >= 4 is 17.5 Å². The van der Waals surface area contributed by atoms with Crippen LogP contribution in [0.3, 0.4) is 0 Å². The molecule has 0 radical (unpaired) electrons. The monoisotopic (exact) mass is 263 g/mol. The molecule has 4 unspecified atom stereocenters.